The molecule has 0 unspecified atom stereocenters. The van der Waals surface area contributed by atoms with Crippen molar-refractivity contribution in [2.24, 2.45) is 0 Å². The number of rotatable bonds is 1. The molecule has 0 fully saturated rings. The predicted octanol–water partition coefficient (Wildman–Crippen LogP) is 2.95. The molecule has 0 aliphatic carbocycles. The van der Waals surface area contributed by atoms with Crippen LogP contribution in [-0.4, -0.2) is 11.7 Å². The monoisotopic (exact) mass is 225 g/mol. The number of nitrogens with zero attached hydrogens (tertiary/aromatic N) is 1. The average molecular weight is 225 g/mol. The van der Waals surface area contributed by atoms with Gasteiger partial charge in [0.2, 0.25) is 0 Å². The van der Waals surface area contributed by atoms with Gasteiger partial charge in [-0.1, -0.05) is 24.3 Å². The van der Waals surface area contributed by atoms with E-state index in [0.29, 0.717) is 5.75 Å². The highest BCUT2D eigenvalue weighted by atomic mass is 16.3. The first-order valence-electron chi connectivity index (χ1n) is 5.94. The van der Waals surface area contributed by atoms with Crippen molar-refractivity contribution in [3.8, 4) is 5.75 Å². The molecule has 0 saturated carbocycles. The Kier molecular flexibility index (Phi) is 2.48. The lowest BCUT2D eigenvalue weighted by molar-refractivity contribution is 0.473. The van der Waals surface area contributed by atoms with Gasteiger partial charge in [-0.05, 0) is 41.8 Å². The molecule has 1 aliphatic heterocycles. The van der Waals surface area contributed by atoms with Gasteiger partial charge in [-0.25, -0.2) is 0 Å². The van der Waals surface area contributed by atoms with E-state index in [2.05, 4.69) is 29.2 Å². The van der Waals surface area contributed by atoms with Gasteiger partial charge >= 0.3 is 0 Å². The van der Waals surface area contributed by atoms with Gasteiger partial charge in [0.15, 0.2) is 0 Å². The number of benzene rings is 2. The molecule has 0 amide bonds. The molecule has 1 N–H and O–H groups in total. The molecule has 0 saturated heterocycles. The smallest absolute Gasteiger partial charge is 0.115 e. The third-order valence-electron chi connectivity index (χ3n) is 3.32. The van der Waals surface area contributed by atoms with E-state index in [0.717, 1.165) is 19.5 Å². The van der Waals surface area contributed by atoms with Crippen molar-refractivity contribution in [1.82, 2.24) is 0 Å². The van der Waals surface area contributed by atoms with Crippen molar-refractivity contribution < 1.29 is 5.11 Å². The minimum atomic E-state index is 0.372. The van der Waals surface area contributed by atoms with Crippen LogP contribution in [0.15, 0.2) is 48.5 Å². The predicted molar refractivity (Wildman–Crippen MR) is 69.3 cm³/mol. The second-order valence-corrected chi connectivity index (χ2v) is 4.46. The topological polar surface area (TPSA) is 23.5 Å². The van der Waals surface area contributed by atoms with E-state index in [9.17, 15) is 5.11 Å². The number of aromatic hydroxyl groups is 1. The molecule has 0 atom stereocenters. The lowest BCUT2D eigenvalue weighted by atomic mass is 9.99. The van der Waals surface area contributed by atoms with Crippen LogP contribution < -0.4 is 4.90 Å². The van der Waals surface area contributed by atoms with E-state index in [4.69, 9.17) is 0 Å². The van der Waals surface area contributed by atoms with Crippen LogP contribution in [0.4, 0.5) is 5.69 Å². The van der Waals surface area contributed by atoms with Crippen molar-refractivity contribution in [2.75, 3.05) is 11.4 Å². The number of phenols is 1. The van der Waals surface area contributed by atoms with Crippen LogP contribution in [0.3, 0.4) is 0 Å². The van der Waals surface area contributed by atoms with Crippen molar-refractivity contribution in [3.63, 3.8) is 0 Å². The van der Waals surface area contributed by atoms with Gasteiger partial charge in [0.05, 0.1) is 0 Å². The number of hydrogen-bond donors (Lipinski definition) is 1. The Morgan fingerprint density at radius 2 is 1.76 bits per heavy atom. The fourth-order valence-corrected chi connectivity index (χ4v) is 2.40. The van der Waals surface area contributed by atoms with E-state index < -0.39 is 0 Å². The summed E-state index contributed by atoms with van der Waals surface area (Å²) >= 11 is 0. The first kappa shape index (κ1) is 10.2. The largest absolute Gasteiger partial charge is 0.508 e. The van der Waals surface area contributed by atoms with Gasteiger partial charge in [0.1, 0.15) is 5.75 Å². The molecule has 0 spiro atoms. The summed E-state index contributed by atoms with van der Waals surface area (Å²) in [4.78, 5) is 2.37. The van der Waals surface area contributed by atoms with Crippen molar-refractivity contribution in [3.05, 3.63) is 59.7 Å². The first-order valence-corrected chi connectivity index (χ1v) is 5.94. The summed E-state index contributed by atoms with van der Waals surface area (Å²) in [7, 11) is 0. The minimum Gasteiger partial charge on any atom is -0.508 e. The number of fused-ring (bicyclic) bond motifs is 1. The van der Waals surface area contributed by atoms with Crippen LogP contribution in [0.25, 0.3) is 0 Å². The number of para-hydroxylation sites is 1. The molecule has 2 nitrogen and oxygen atoms in total. The molecule has 0 radical (unpaired) electrons. The summed E-state index contributed by atoms with van der Waals surface area (Å²) in [6.07, 6.45) is 0.999. The highest BCUT2D eigenvalue weighted by molar-refractivity contribution is 5.50. The highest BCUT2D eigenvalue weighted by Crippen LogP contribution is 2.26. The van der Waals surface area contributed by atoms with Crippen LogP contribution in [0.5, 0.6) is 5.75 Å². The maximum absolute atomic E-state index is 9.46. The second kappa shape index (κ2) is 4.13. The Bertz CT molecular complexity index is 522. The fourth-order valence-electron chi connectivity index (χ4n) is 2.40. The van der Waals surface area contributed by atoms with Crippen LogP contribution in [0.2, 0.25) is 0 Å². The zero-order chi connectivity index (χ0) is 11.7. The van der Waals surface area contributed by atoms with Gasteiger partial charge in [0, 0.05) is 18.8 Å². The third-order valence-corrected chi connectivity index (χ3v) is 3.32. The van der Waals surface area contributed by atoms with Crippen LogP contribution in [0.1, 0.15) is 11.1 Å². The van der Waals surface area contributed by atoms with E-state index in [1.54, 1.807) is 6.07 Å². The van der Waals surface area contributed by atoms with Gasteiger partial charge < -0.3 is 10.0 Å². The molecular formula is C15H15NO. The van der Waals surface area contributed by atoms with Gasteiger partial charge in [-0.15, -0.1) is 0 Å². The second-order valence-electron chi connectivity index (χ2n) is 4.46. The Morgan fingerprint density at radius 3 is 2.59 bits per heavy atom. The van der Waals surface area contributed by atoms with Gasteiger partial charge in [-0.2, -0.15) is 0 Å². The van der Waals surface area contributed by atoms with Crippen LogP contribution in [0, 0.1) is 0 Å². The Hall–Kier alpha value is -1.96. The quantitative estimate of drug-likeness (QED) is 0.806. The van der Waals surface area contributed by atoms with Crippen LogP contribution >= 0.6 is 0 Å². The minimum absolute atomic E-state index is 0.372. The Morgan fingerprint density at radius 1 is 0.941 bits per heavy atom. The summed E-state index contributed by atoms with van der Waals surface area (Å²) in [5.41, 5.74) is 3.86. The number of anilines is 1. The maximum Gasteiger partial charge on any atom is 0.115 e. The summed E-state index contributed by atoms with van der Waals surface area (Å²) in [5.74, 6) is 0.372. The molecule has 0 aromatic heterocycles. The SMILES string of the molecule is Oc1ccc2c(c1)CCN(c1ccccc1)C2. The standard InChI is InChI=1S/C15H15NO/c17-15-7-6-13-11-16(9-8-12(13)10-15)14-4-2-1-3-5-14/h1-7,10,17H,8-9,11H2. The Balaban J connectivity index is 1.88. The fraction of sp³-hybridized carbons (Fsp3) is 0.200. The summed E-state index contributed by atoms with van der Waals surface area (Å²) < 4.78 is 0. The average Bonchev–Trinajstić information content (AvgIpc) is 2.39. The third kappa shape index (κ3) is 1.98. The number of hydrogen-bond acceptors (Lipinski definition) is 2. The van der Waals surface area contributed by atoms with Gasteiger partial charge in [-0.3, -0.25) is 0 Å². The van der Waals surface area contributed by atoms with E-state index in [1.165, 1.54) is 16.8 Å². The van der Waals surface area contributed by atoms with Crippen molar-refractivity contribution >= 4 is 5.69 Å². The summed E-state index contributed by atoms with van der Waals surface area (Å²) in [6, 6.07) is 16.2. The highest BCUT2D eigenvalue weighted by Gasteiger charge is 2.16. The maximum atomic E-state index is 9.46. The molecule has 2 aromatic rings. The molecule has 17 heavy (non-hydrogen) atoms. The zero-order valence-corrected chi connectivity index (χ0v) is 9.63. The molecule has 1 heterocycles. The molecule has 1 aliphatic rings. The van der Waals surface area contributed by atoms with E-state index in [-0.39, 0.29) is 0 Å². The molecule has 86 valence electrons. The summed E-state index contributed by atoms with van der Waals surface area (Å²) in [5, 5.41) is 9.46. The lowest BCUT2D eigenvalue weighted by Crippen LogP contribution is -2.30. The molecule has 0 bridgehead atoms. The van der Waals surface area contributed by atoms with Crippen LogP contribution in [-0.2, 0) is 13.0 Å². The van der Waals surface area contributed by atoms with Gasteiger partial charge in [0.25, 0.3) is 0 Å². The van der Waals surface area contributed by atoms with E-state index >= 15 is 0 Å². The lowest BCUT2D eigenvalue weighted by Gasteiger charge is -2.30. The van der Waals surface area contributed by atoms with E-state index in [1.807, 2.05) is 18.2 Å². The molecule has 3 rings (SSSR count). The normalized spacial score (nSPS) is 14.5. The zero-order valence-electron chi connectivity index (χ0n) is 9.63. The summed E-state index contributed by atoms with van der Waals surface area (Å²) in [6.45, 7) is 1.94. The van der Waals surface area contributed by atoms with Crippen molar-refractivity contribution in [1.29, 1.82) is 0 Å². The molecule has 2 heteroatoms. The first-order chi connectivity index (χ1) is 8.33. The molecule has 2 aromatic carbocycles. The number of phenolic OH excluding ortho intramolecular Hbond substituents is 1. The Labute approximate surface area is 101 Å². The van der Waals surface area contributed by atoms with Crippen molar-refractivity contribution in [2.45, 2.75) is 13.0 Å². The molecular weight excluding hydrogens is 210 g/mol.